The van der Waals surface area contributed by atoms with Crippen LogP contribution in [0.1, 0.15) is 50.7 Å². The average Bonchev–Trinajstić information content (AvgIpc) is 2.44. The van der Waals surface area contributed by atoms with Crippen molar-refractivity contribution < 1.29 is 0 Å². The highest BCUT2D eigenvalue weighted by Gasteiger charge is 2.10. The van der Waals surface area contributed by atoms with Crippen LogP contribution >= 0.6 is 58.0 Å². The van der Waals surface area contributed by atoms with Gasteiger partial charge < -0.3 is 0 Å². The Morgan fingerprint density at radius 3 is 1.61 bits per heavy atom. The molecule has 0 amide bonds. The third-order valence-corrected chi connectivity index (χ3v) is 5.14. The topological polar surface area (TPSA) is 0 Å². The lowest BCUT2D eigenvalue weighted by Crippen LogP contribution is -1.89. The first-order chi connectivity index (χ1) is 10.6. The lowest BCUT2D eigenvalue weighted by molar-refractivity contribution is 0.867. The van der Waals surface area contributed by atoms with Crippen LogP contribution in [0.15, 0.2) is 30.3 Å². The van der Waals surface area contributed by atoms with Gasteiger partial charge >= 0.3 is 0 Å². The number of hydrogen-bond acceptors (Lipinski definition) is 0. The largest absolute Gasteiger partial charge is 0.0843 e. The molecule has 0 nitrogen and oxygen atoms in total. The molecule has 0 atom stereocenters. The normalized spacial score (nSPS) is 10.7. The van der Waals surface area contributed by atoms with Crippen LogP contribution in [0.2, 0.25) is 25.1 Å². The molecule has 5 heteroatoms. The summed E-state index contributed by atoms with van der Waals surface area (Å²) in [6, 6.07) is 9.28. The molecule has 0 fully saturated rings. The molecule has 0 bridgehead atoms. The summed E-state index contributed by atoms with van der Waals surface area (Å²) < 4.78 is 0. The first-order valence-electron chi connectivity index (χ1n) is 7.23. The van der Waals surface area contributed by atoms with E-state index in [1.165, 1.54) is 0 Å². The van der Waals surface area contributed by atoms with Crippen molar-refractivity contribution >= 4 is 58.0 Å². The first-order valence-corrected chi connectivity index (χ1v) is 9.12. The molecule has 23 heavy (non-hydrogen) atoms. The Morgan fingerprint density at radius 1 is 0.609 bits per heavy atom. The molecule has 2 aromatic carbocycles. The summed E-state index contributed by atoms with van der Waals surface area (Å²) in [6.07, 6.45) is 0. The van der Waals surface area contributed by atoms with Crippen LogP contribution in [0, 0.1) is 0 Å². The minimum Gasteiger partial charge on any atom is -0.0843 e. The Labute approximate surface area is 163 Å². The molecule has 0 heterocycles. The van der Waals surface area contributed by atoms with Gasteiger partial charge in [0.2, 0.25) is 0 Å². The van der Waals surface area contributed by atoms with Gasteiger partial charge in [-0.15, -0.1) is 0 Å². The van der Waals surface area contributed by atoms with Crippen molar-refractivity contribution in [1.29, 1.82) is 0 Å². The van der Waals surface area contributed by atoms with Crippen LogP contribution in [-0.2, 0) is 0 Å². The van der Waals surface area contributed by atoms with E-state index in [0.29, 0.717) is 31.9 Å². The number of benzene rings is 2. The summed E-state index contributed by atoms with van der Waals surface area (Å²) in [5, 5.41) is 2.97. The highest BCUT2D eigenvalue weighted by Crippen LogP contribution is 2.35. The third kappa shape index (κ3) is 6.03. The van der Waals surface area contributed by atoms with Crippen molar-refractivity contribution in [1.82, 2.24) is 0 Å². The minimum absolute atomic E-state index is 0.368. The van der Waals surface area contributed by atoms with Gasteiger partial charge in [0.1, 0.15) is 0 Å². The minimum atomic E-state index is 0.368. The van der Waals surface area contributed by atoms with E-state index in [1.54, 1.807) is 12.1 Å². The predicted molar refractivity (Wildman–Crippen MR) is 106 cm³/mol. The SMILES string of the molecule is CC(C)c1ccc(Cl)c(Cl)c1Cl.CC(C)c1ccc(Cl)cc1Cl. The molecule has 0 unspecified atom stereocenters. The van der Waals surface area contributed by atoms with E-state index in [4.69, 9.17) is 58.0 Å². The Balaban J connectivity index is 0.000000231. The molecule has 0 aliphatic rings. The van der Waals surface area contributed by atoms with E-state index in [-0.39, 0.29) is 0 Å². The van der Waals surface area contributed by atoms with E-state index in [0.717, 1.165) is 16.1 Å². The summed E-state index contributed by atoms with van der Waals surface area (Å²) in [4.78, 5) is 0. The molecular formula is C18H19Cl5. The summed E-state index contributed by atoms with van der Waals surface area (Å²) in [5.74, 6) is 0.826. The van der Waals surface area contributed by atoms with E-state index in [1.807, 2.05) is 18.2 Å². The van der Waals surface area contributed by atoms with Gasteiger partial charge in [0.15, 0.2) is 0 Å². The van der Waals surface area contributed by atoms with E-state index < -0.39 is 0 Å². The molecule has 0 aliphatic carbocycles. The van der Waals surface area contributed by atoms with E-state index >= 15 is 0 Å². The Morgan fingerprint density at radius 2 is 1.13 bits per heavy atom. The lowest BCUT2D eigenvalue weighted by Gasteiger charge is -2.09. The van der Waals surface area contributed by atoms with Crippen molar-refractivity contribution in [3.05, 3.63) is 66.6 Å². The predicted octanol–water partition coefficient (Wildman–Crippen LogP) is 8.89. The molecule has 126 valence electrons. The summed E-state index contributed by atoms with van der Waals surface area (Å²) in [6.45, 7) is 8.33. The molecule has 0 saturated carbocycles. The second-order valence-corrected chi connectivity index (χ2v) is 7.75. The van der Waals surface area contributed by atoms with Crippen molar-refractivity contribution in [3.8, 4) is 0 Å². The van der Waals surface area contributed by atoms with E-state index in [9.17, 15) is 0 Å². The average molecular weight is 413 g/mol. The van der Waals surface area contributed by atoms with Gasteiger partial charge in [0.05, 0.1) is 15.1 Å². The highest BCUT2D eigenvalue weighted by molar-refractivity contribution is 6.48. The van der Waals surface area contributed by atoms with Gasteiger partial charge in [0.25, 0.3) is 0 Å². The van der Waals surface area contributed by atoms with Crippen LogP contribution in [0.3, 0.4) is 0 Å². The van der Waals surface area contributed by atoms with Gasteiger partial charge in [-0.2, -0.15) is 0 Å². The Kier molecular flexibility index (Phi) is 8.55. The fourth-order valence-corrected chi connectivity index (χ4v) is 3.34. The Bertz CT molecular complexity index is 663. The smallest absolute Gasteiger partial charge is 0.0781 e. The maximum Gasteiger partial charge on any atom is 0.0781 e. The van der Waals surface area contributed by atoms with Crippen LogP contribution in [0.25, 0.3) is 0 Å². The van der Waals surface area contributed by atoms with E-state index in [2.05, 4.69) is 27.7 Å². The molecule has 0 aliphatic heterocycles. The Hall–Kier alpha value is -0.110. The third-order valence-electron chi connectivity index (χ3n) is 3.27. The van der Waals surface area contributed by atoms with Crippen LogP contribution in [-0.4, -0.2) is 0 Å². The summed E-state index contributed by atoms with van der Waals surface area (Å²) in [5.41, 5.74) is 2.18. The molecular weight excluding hydrogens is 393 g/mol. The van der Waals surface area contributed by atoms with Gasteiger partial charge in [-0.1, -0.05) is 97.8 Å². The van der Waals surface area contributed by atoms with Gasteiger partial charge in [0, 0.05) is 10.0 Å². The number of halogens is 5. The zero-order valence-electron chi connectivity index (χ0n) is 13.4. The first kappa shape index (κ1) is 20.9. The van der Waals surface area contributed by atoms with Gasteiger partial charge in [-0.25, -0.2) is 0 Å². The molecule has 0 radical (unpaired) electrons. The molecule has 0 aromatic heterocycles. The van der Waals surface area contributed by atoms with Crippen LogP contribution in [0.5, 0.6) is 0 Å². The monoisotopic (exact) mass is 410 g/mol. The van der Waals surface area contributed by atoms with Gasteiger partial charge in [-0.3, -0.25) is 0 Å². The molecule has 0 N–H and O–H groups in total. The van der Waals surface area contributed by atoms with Crippen molar-refractivity contribution in [2.75, 3.05) is 0 Å². The maximum absolute atomic E-state index is 5.98. The standard InChI is InChI=1S/C9H9Cl3.C9H10Cl2/c1-5(2)6-3-4-7(10)9(12)8(6)11;1-6(2)8-4-3-7(10)5-9(8)11/h3-5H,1-2H3;3-6H,1-2H3. The molecule has 2 aromatic rings. The zero-order valence-corrected chi connectivity index (χ0v) is 17.2. The van der Waals surface area contributed by atoms with Gasteiger partial charge in [-0.05, 0) is 41.2 Å². The van der Waals surface area contributed by atoms with Crippen molar-refractivity contribution in [3.63, 3.8) is 0 Å². The lowest BCUT2D eigenvalue weighted by atomic mass is 10.0. The fraction of sp³-hybridized carbons (Fsp3) is 0.333. The summed E-state index contributed by atoms with van der Waals surface area (Å²) in [7, 11) is 0. The number of hydrogen-bond donors (Lipinski definition) is 0. The van der Waals surface area contributed by atoms with Crippen molar-refractivity contribution in [2.24, 2.45) is 0 Å². The maximum atomic E-state index is 5.98. The van der Waals surface area contributed by atoms with Crippen molar-refractivity contribution in [2.45, 2.75) is 39.5 Å². The highest BCUT2D eigenvalue weighted by atomic mass is 35.5. The zero-order chi connectivity index (χ0) is 17.7. The van der Waals surface area contributed by atoms with Crippen LogP contribution < -0.4 is 0 Å². The molecule has 2 rings (SSSR count). The molecule has 0 saturated heterocycles. The molecule has 0 spiro atoms. The quantitative estimate of drug-likeness (QED) is 0.432. The number of rotatable bonds is 2. The van der Waals surface area contributed by atoms with Crippen LogP contribution in [0.4, 0.5) is 0 Å². The second-order valence-electron chi connectivity index (χ2n) is 5.74. The fourth-order valence-electron chi connectivity index (χ4n) is 1.96. The summed E-state index contributed by atoms with van der Waals surface area (Å²) >= 11 is 29.3. The second kappa shape index (κ2) is 9.39.